The molecular weight excluding hydrogens is 440 g/mol. The number of methoxy groups -OCH3 is 2. The molecule has 0 saturated carbocycles. The first kappa shape index (κ1) is 22.8. The van der Waals surface area contributed by atoms with E-state index in [1.165, 1.54) is 11.1 Å². The van der Waals surface area contributed by atoms with Gasteiger partial charge in [0.05, 0.1) is 14.2 Å². The van der Waals surface area contributed by atoms with Crippen molar-refractivity contribution in [1.29, 1.82) is 0 Å². The Morgan fingerprint density at radius 3 is 2.54 bits per heavy atom. The molecule has 35 heavy (non-hydrogen) atoms. The van der Waals surface area contributed by atoms with Gasteiger partial charge in [-0.05, 0) is 65.6 Å². The number of urea groups is 1. The molecule has 4 aromatic rings. The van der Waals surface area contributed by atoms with E-state index in [1.54, 1.807) is 14.2 Å². The third-order valence-corrected chi connectivity index (χ3v) is 6.51. The van der Waals surface area contributed by atoms with Gasteiger partial charge in [-0.1, -0.05) is 18.2 Å². The lowest BCUT2D eigenvalue weighted by Gasteiger charge is -2.19. The molecule has 180 valence electrons. The summed E-state index contributed by atoms with van der Waals surface area (Å²) in [5, 5.41) is 7.68. The van der Waals surface area contributed by atoms with Crippen molar-refractivity contribution in [1.82, 2.24) is 9.88 Å². The molecular formula is C28H30N4O3. The number of hydrogen-bond donors (Lipinski definition) is 2. The second-order valence-electron chi connectivity index (χ2n) is 8.79. The van der Waals surface area contributed by atoms with Crippen molar-refractivity contribution in [2.24, 2.45) is 7.05 Å². The maximum atomic E-state index is 13.1. The molecule has 1 aliphatic rings. The van der Waals surface area contributed by atoms with Gasteiger partial charge in [-0.3, -0.25) is 4.90 Å². The smallest absolute Gasteiger partial charge is 0.326 e. The van der Waals surface area contributed by atoms with Gasteiger partial charge in [-0.25, -0.2) is 4.79 Å². The van der Waals surface area contributed by atoms with Gasteiger partial charge in [-0.2, -0.15) is 0 Å². The molecule has 1 aromatic heterocycles. The molecule has 7 heteroatoms. The number of carbonyl (C=O) groups excluding carboxylic acids is 1. The Kier molecular flexibility index (Phi) is 6.33. The van der Waals surface area contributed by atoms with E-state index >= 15 is 0 Å². The van der Waals surface area contributed by atoms with Crippen molar-refractivity contribution < 1.29 is 14.3 Å². The van der Waals surface area contributed by atoms with Gasteiger partial charge in [0.15, 0.2) is 11.5 Å². The lowest BCUT2D eigenvalue weighted by molar-refractivity contribution is 0.257. The largest absolute Gasteiger partial charge is 0.493 e. The van der Waals surface area contributed by atoms with Crippen molar-refractivity contribution in [3.05, 3.63) is 83.6 Å². The number of aromatic nitrogens is 1. The molecule has 0 bridgehead atoms. The van der Waals surface area contributed by atoms with Crippen LogP contribution in [0.3, 0.4) is 0 Å². The molecule has 2 amide bonds. The van der Waals surface area contributed by atoms with Crippen LogP contribution in [0.5, 0.6) is 11.5 Å². The first-order valence-electron chi connectivity index (χ1n) is 11.7. The summed E-state index contributed by atoms with van der Waals surface area (Å²) in [6.07, 6.45) is 2.92. The van der Waals surface area contributed by atoms with Crippen LogP contribution in [0.2, 0.25) is 0 Å². The highest BCUT2D eigenvalue weighted by Gasteiger charge is 2.25. The van der Waals surface area contributed by atoms with Crippen molar-refractivity contribution >= 4 is 28.3 Å². The lowest BCUT2D eigenvalue weighted by atomic mass is 10.1. The van der Waals surface area contributed by atoms with E-state index in [9.17, 15) is 4.79 Å². The Morgan fingerprint density at radius 1 is 0.943 bits per heavy atom. The predicted molar refractivity (Wildman–Crippen MR) is 140 cm³/mol. The number of nitrogens with zero attached hydrogens (tertiary/aromatic N) is 2. The minimum atomic E-state index is -0.102. The van der Waals surface area contributed by atoms with Crippen LogP contribution in [0.25, 0.3) is 10.9 Å². The van der Waals surface area contributed by atoms with E-state index in [1.807, 2.05) is 48.3 Å². The number of nitrogens with one attached hydrogen (secondary N) is 2. The fourth-order valence-electron chi connectivity index (χ4n) is 4.65. The first-order valence-corrected chi connectivity index (χ1v) is 11.7. The topological polar surface area (TPSA) is 67.8 Å². The van der Waals surface area contributed by atoms with Crippen LogP contribution in [-0.4, -0.2) is 31.4 Å². The van der Waals surface area contributed by atoms with Gasteiger partial charge >= 0.3 is 6.03 Å². The second-order valence-corrected chi connectivity index (χ2v) is 8.79. The average molecular weight is 471 g/mol. The maximum absolute atomic E-state index is 13.1. The summed E-state index contributed by atoms with van der Waals surface area (Å²) in [7, 11) is 5.31. The normalized spacial score (nSPS) is 12.6. The zero-order valence-corrected chi connectivity index (χ0v) is 20.3. The van der Waals surface area contributed by atoms with Crippen LogP contribution < -0.4 is 25.0 Å². The minimum absolute atomic E-state index is 0.102. The molecule has 0 saturated heterocycles. The lowest BCUT2D eigenvalue weighted by Crippen LogP contribution is -2.33. The van der Waals surface area contributed by atoms with E-state index in [2.05, 4.69) is 45.7 Å². The summed E-state index contributed by atoms with van der Waals surface area (Å²) in [5.74, 6) is 1.43. The fraction of sp³-hybridized carbons (Fsp3) is 0.250. The van der Waals surface area contributed by atoms with Gasteiger partial charge in [0.25, 0.3) is 0 Å². The maximum Gasteiger partial charge on any atom is 0.326 e. The standard InChI is InChI=1S/C28H30N4O3/c1-31-11-9-21-16-25-22(15-24(21)31)10-12-32(25)28(33)30-23-6-4-5-19(13-23)17-29-18-20-7-8-26(34-2)27(14-20)35-3/h4-9,11,13-16,29H,10,12,17-18H2,1-3H3,(H,30,33). The van der Waals surface area contributed by atoms with Crippen molar-refractivity contribution in [2.45, 2.75) is 19.5 Å². The van der Waals surface area contributed by atoms with Crippen LogP contribution >= 0.6 is 0 Å². The fourth-order valence-corrected chi connectivity index (χ4v) is 4.65. The van der Waals surface area contributed by atoms with Gasteiger partial charge < -0.3 is 24.7 Å². The van der Waals surface area contributed by atoms with Crippen LogP contribution in [0.15, 0.2) is 66.9 Å². The van der Waals surface area contributed by atoms with Crippen LogP contribution in [0, 0.1) is 0 Å². The van der Waals surface area contributed by atoms with Gasteiger partial charge in [0.1, 0.15) is 0 Å². The first-order chi connectivity index (χ1) is 17.1. The highest BCUT2D eigenvalue weighted by Crippen LogP contribution is 2.33. The van der Waals surface area contributed by atoms with E-state index in [4.69, 9.17) is 9.47 Å². The SMILES string of the molecule is COc1ccc(CNCc2cccc(NC(=O)N3CCc4cc5c(ccn5C)cc43)c2)cc1OC. The number of benzene rings is 3. The molecule has 0 radical (unpaired) electrons. The Hall–Kier alpha value is -3.97. The third kappa shape index (κ3) is 4.68. The van der Waals surface area contributed by atoms with Crippen LogP contribution in [0.4, 0.5) is 16.2 Å². The van der Waals surface area contributed by atoms with Crippen molar-refractivity contribution in [3.8, 4) is 11.5 Å². The summed E-state index contributed by atoms with van der Waals surface area (Å²) in [6.45, 7) is 2.05. The number of carbonyl (C=O) groups is 1. The number of anilines is 2. The Bertz CT molecular complexity index is 1380. The summed E-state index contributed by atoms with van der Waals surface area (Å²) in [4.78, 5) is 15.0. The molecule has 1 aliphatic heterocycles. The molecule has 0 aliphatic carbocycles. The number of amides is 2. The quantitative estimate of drug-likeness (QED) is 0.395. The number of hydrogen-bond acceptors (Lipinski definition) is 4. The van der Waals surface area contributed by atoms with E-state index in [-0.39, 0.29) is 6.03 Å². The van der Waals surface area contributed by atoms with E-state index < -0.39 is 0 Å². The van der Waals surface area contributed by atoms with E-state index in [0.717, 1.165) is 34.3 Å². The van der Waals surface area contributed by atoms with Gasteiger partial charge in [0.2, 0.25) is 0 Å². The third-order valence-electron chi connectivity index (χ3n) is 6.51. The molecule has 0 fully saturated rings. The number of aryl methyl sites for hydroxylation is 1. The zero-order chi connectivity index (χ0) is 24.4. The molecule has 2 N–H and O–H groups in total. The molecule has 5 rings (SSSR count). The molecule has 3 aromatic carbocycles. The summed E-state index contributed by atoms with van der Waals surface area (Å²) >= 11 is 0. The number of rotatable bonds is 7. The molecule has 0 unspecified atom stereocenters. The predicted octanol–water partition coefficient (Wildman–Crippen LogP) is 5.08. The molecule has 0 atom stereocenters. The average Bonchev–Trinajstić information content (AvgIpc) is 3.46. The van der Waals surface area contributed by atoms with E-state index in [0.29, 0.717) is 31.1 Å². The Morgan fingerprint density at radius 2 is 1.74 bits per heavy atom. The number of fused-ring (bicyclic) bond motifs is 2. The minimum Gasteiger partial charge on any atom is -0.493 e. The summed E-state index contributed by atoms with van der Waals surface area (Å²) in [6, 6.07) is 20.1. The zero-order valence-electron chi connectivity index (χ0n) is 20.3. The molecule has 7 nitrogen and oxygen atoms in total. The highest BCUT2D eigenvalue weighted by atomic mass is 16.5. The Balaban J connectivity index is 1.22. The second kappa shape index (κ2) is 9.72. The van der Waals surface area contributed by atoms with Gasteiger partial charge in [-0.15, -0.1) is 0 Å². The van der Waals surface area contributed by atoms with Crippen molar-refractivity contribution in [2.75, 3.05) is 31.0 Å². The summed E-state index contributed by atoms with van der Waals surface area (Å²) < 4.78 is 12.8. The highest BCUT2D eigenvalue weighted by molar-refractivity contribution is 6.04. The van der Waals surface area contributed by atoms with Crippen LogP contribution in [-0.2, 0) is 26.6 Å². The molecule has 0 spiro atoms. The number of ether oxygens (including phenoxy) is 2. The Labute approximate surface area is 205 Å². The summed E-state index contributed by atoms with van der Waals surface area (Å²) in [5.41, 5.74) is 6.38. The monoisotopic (exact) mass is 470 g/mol. The van der Waals surface area contributed by atoms with Crippen LogP contribution in [0.1, 0.15) is 16.7 Å². The molecule has 2 heterocycles. The van der Waals surface area contributed by atoms with Gasteiger partial charge in [0, 0.05) is 55.2 Å². The van der Waals surface area contributed by atoms with Crippen molar-refractivity contribution in [3.63, 3.8) is 0 Å².